The second-order valence-electron chi connectivity index (χ2n) is 5.01. The highest BCUT2D eigenvalue weighted by molar-refractivity contribution is 5.92. The first-order valence-corrected chi connectivity index (χ1v) is 6.60. The van der Waals surface area contributed by atoms with Crippen molar-refractivity contribution in [3.8, 4) is 0 Å². The molecule has 6 heteroatoms. The maximum atomic E-state index is 12.1. The third-order valence-electron chi connectivity index (χ3n) is 3.70. The van der Waals surface area contributed by atoms with Gasteiger partial charge in [0.1, 0.15) is 5.82 Å². The number of aromatic nitrogens is 2. The zero-order valence-electron chi connectivity index (χ0n) is 10.4. The summed E-state index contributed by atoms with van der Waals surface area (Å²) >= 11 is 0. The summed E-state index contributed by atoms with van der Waals surface area (Å²) in [7, 11) is 0. The van der Waals surface area contributed by atoms with Crippen LogP contribution in [0.4, 0.5) is 5.82 Å². The van der Waals surface area contributed by atoms with Crippen LogP contribution in [0, 0.1) is 5.92 Å². The van der Waals surface area contributed by atoms with Crippen LogP contribution in [0.15, 0.2) is 12.3 Å². The quantitative estimate of drug-likeness (QED) is 0.703. The van der Waals surface area contributed by atoms with E-state index in [1.165, 1.54) is 0 Å². The number of hydrogen-bond donors (Lipinski definition) is 3. The number of nitrogens with one attached hydrogen (secondary N) is 3. The van der Waals surface area contributed by atoms with Gasteiger partial charge < -0.3 is 16.0 Å². The first kappa shape index (κ1) is 11.7. The Labute approximate surface area is 106 Å². The molecule has 2 fully saturated rings. The molecule has 1 aromatic rings. The Morgan fingerprint density at radius 2 is 2.28 bits per heavy atom. The lowest BCUT2D eigenvalue weighted by atomic mass is 9.99. The fourth-order valence-corrected chi connectivity index (χ4v) is 2.45. The molecule has 0 unspecified atom stereocenters. The number of carbonyl (C=O) groups excluding carboxylic acids is 1. The van der Waals surface area contributed by atoms with Crippen molar-refractivity contribution in [1.29, 1.82) is 0 Å². The summed E-state index contributed by atoms with van der Waals surface area (Å²) in [6.45, 7) is 3.66. The SMILES string of the molecule is O=C(Nc1ccnn1C1CNC1)[C@H]1CCCNC1. The highest BCUT2D eigenvalue weighted by Gasteiger charge is 2.25. The van der Waals surface area contributed by atoms with E-state index >= 15 is 0 Å². The maximum absolute atomic E-state index is 12.1. The average molecular weight is 249 g/mol. The molecule has 3 rings (SSSR count). The Balaban J connectivity index is 1.64. The zero-order valence-corrected chi connectivity index (χ0v) is 10.4. The topological polar surface area (TPSA) is 71.0 Å². The van der Waals surface area contributed by atoms with Crippen molar-refractivity contribution in [3.05, 3.63) is 12.3 Å². The Bertz CT molecular complexity index is 420. The highest BCUT2D eigenvalue weighted by atomic mass is 16.2. The predicted octanol–water partition coefficient (Wildman–Crippen LogP) is -0.0345. The molecule has 98 valence electrons. The van der Waals surface area contributed by atoms with Crippen molar-refractivity contribution in [3.63, 3.8) is 0 Å². The first-order valence-electron chi connectivity index (χ1n) is 6.60. The van der Waals surface area contributed by atoms with Gasteiger partial charge in [-0.15, -0.1) is 0 Å². The van der Waals surface area contributed by atoms with Gasteiger partial charge in [0.15, 0.2) is 0 Å². The van der Waals surface area contributed by atoms with E-state index in [9.17, 15) is 4.79 Å². The number of amides is 1. The molecule has 0 radical (unpaired) electrons. The minimum Gasteiger partial charge on any atom is -0.316 e. The molecular formula is C12H19N5O. The van der Waals surface area contributed by atoms with Gasteiger partial charge in [-0.05, 0) is 19.4 Å². The summed E-state index contributed by atoms with van der Waals surface area (Å²) in [5, 5.41) is 13.8. The van der Waals surface area contributed by atoms with Gasteiger partial charge in [0, 0.05) is 25.7 Å². The predicted molar refractivity (Wildman–Crippen MR) is 68.4 cm³/mol. The van der Waals surface area contributed by atoms with E-state index in [-0.39, 0.29) is 11.8 Å². The van der Waals surface area contributed by atoms with Gasteiger partial charge in [-0.25, -0.2) is 4.68 Å². The number of carbonyl (C=O) groups is 1. The van der Waals surface area contributed by atoms with Crippen molar-refractivity contribution in [2.75, 3.05) is 31.5 Å². The van der Waals surface area contributed by atoms with Crippen molar-refractivity contribution < 1.29 is 4.79 Å². The molecule has 18 heavy (non-hydrogen) atoms. The molecule has 2 aliphatic rings. The zero-order chi connectivity index (χ0) is 12.4. The van der Waals surface area contributed by atoms with Crippen LogP contribution in [-0.2, 0) is 4.79 Å². The molecule has 1 atom stereocenters. The minimum absolute atomic E-state index is 0.0848. The van der Waals surface area contributed by atoms with Crippen LogP contribution >= 0.6 is 0 Å². The third kappa shape index (κ3) is 2.26. The van der Waals surface area contributed by atoms with E-state index in [0.29, 0.717) is 6.04 Å². The van der Waals surface area contributed by atoms with Crippen molar-refractivity contribution in [2.24, 2.45) is 5.92 Å². The Morgan fingerprint density at radius 3 is 2.94 bits per heavy atom. The van der Waals surface area contributed by atoms with Crippen molar-refractivity contribution in [2.45, 2.75) is 18.9 Å². The normalized spacial score (nSPS) is 24.6. The maximum Gasteiger partial charge on any atom is 0.229 e. The van der Waals surface area contributed by atoms with E-state index in [2.05, 4.69) is 21.0 Å². The van der Waals surface area contributed by atoms with E-state index in [4.69, 9.17) is 0 Å². The highest BCUT2D eigenvalue weighted by Crippen LogP contribution is 2.19. The van der Waals surface area contributed by atoms with Gasteiger partial charge in [0.25, 0.3) is 0 Å². The van der Waals surface area contributed by atoms with Crippen LogP contribution in [0.2, 0.25) is 0 Å². The van der Waals surface area contributed by atoms with Gasteiger partial charge in [0.2, 0.25) is 5.91 Å². The molecular weight excluding hydrogens is 230 g/mol. The van der Waals surface area contributed by atoms with Crippen molar-refractivity contribution >= 4 is 11.7 Å². The molecule has 3 N–H and O–H groups in total. The summed E-state index contributed by atoms with van der Waals surface area (Å²) < 4.78 is 1.91. The molecule has 6 nitrogen and oxygen atoms in total. The van der Waals surface area contributed by atoms with E-state index in [0.717, 1.165) is 44.8 Å². The van der Waals surface area contributed by atoms with Crippen LogP contribution in [0.25, 0.3) is 0 Å². The molecule has 1 amide bonds. The summed E-state index contributed by atoms with van der Waals surface area (Å²) in [4.78, 5) is 12.1. The molecule has 2 aliphatic heterocycles. The Hall–Kier alpha value is -1.40. The molecule has 1 aromatic heterocycles. The van der Waals surface area contributed by atoms with Gasteiger partial charge in [-0.3, -0.25) is 4.79 Å². The number of rotatable bonds is 3. The molecule has 0 aromatic carbocycles. The molecule has 0 saturated carbocycles. The van der Waals surface area contributed by atoms with Crippen LogP contribution in [-0.4, -0.2) is 41.9 Å². The minimum atomic E-state index is 0.0848. The Kier molecular flexibility index (Phi) is 3.29. The van der Waals surface area contributed by atoms with Gasteiger partial charge in [-0.1, -0.05) is 0 Å². The lowest BCUT2D eigenvalue weighted by molar-refractivity contribution is -0.120. The smallest absolute Gasteiger partial charge is 0.229 e. The van der Waals surface area contributed by atoms with Crippen LogP contribution in [0.1, 0.15) is 18.9 Å². The van der Waals surface area contributed by atoms with Gasteiger partial charge >= 0.3 is 0 Å². The van der Waals surface area contributed by atoms with Gasteiger partial charge in [-0.2, -0.15) is 5.10 Å². The molecule has 0 spiro atoms. The molecule has 0 aliphatic carbocycles. The largest absolute Gasteiger partial charge is 0.316 e. The second kappa shape index (κ2) is 5.07. The van der Waals surface area contributed by atoms with Crippen LogP contribution in [0.3, 0.4) is 0 Å². The summed E-state index contributed by atoms with van der Waals surface area (Å²) in [5.74, 6) is 1.01. The van der Waals surface area contributed by atoms with Crippen LogP contribution < -0.4 is 16.0 Å². The van der Waals surface area contributed by atoms with E-state index < -0.39 is 0 Å². The molecule has 0 bridgehead atoms. The van der Waals surface area contributed by atoms with Crippen LogP contribution in [0.5, 0.6) is 0 Å². The average Bonchev–Trinajstić information content (AvgIpc) is 2.76. The molecule has 3 heterocycles. The number of hydrogen-bond acceptors (Lipinski definition) is 4. The number of anilines is 1. The Morgan fingerprint density at radius 1 is 1.39 bits per heavy atom. The van der Waals surface area contributed by atoms with Crippen molar-refractivity contribution in [1.82, 2.24) is 20.4 Å². The monoisotopic (exact) mass is 249 g/mol. The van der Waals surface area contributed by atoms with Gasteiger partial charge in [0.05, 0.1) is 18.2 Å². The van der Waals surface area contributed by atoms with E-state index in [1.54, 1.807) is 6.20 Å². The fraction of sp³-hybridized carbons (Fsp3) is 0.667. The second-order valence-corrected chi connectivity index (χ2v) is 5.01. The van der Waals surface area contributed by atoms with E-state index in [1.807, 2.05) is 10.7 Å². The molecule has 2 saturated heterocycles. The third-order valence-corrected chi connectivity index (χ3v) is 3.70. The fourth-order valence-electron chi connectivity index (χ4n) is 2.45. The lowest BCUT2D eigenvalue weighted by Crippen LogP contribution is -2.44. The number of nitrogens with zero attached hydrogens (tertiary/aromatic N) is 2. The standard InChI is InChI=1S/C12H19N5O/c18-12(9-2-1-4-13-6-9)16-11-3-5-15-17(11)10-7-14-8-10/h3,5,9-10,13-14H,1-2,4,6-8H2,(H,16,18)/t9-/m0/s1. The lowest BCUT2D eigenvalue weighted by Gasteiger charge is -2.29. The summed E-state index contributed by atoms with van der Waals surface area (Å²) in [6, 6.07) is 2.24. The summed E-state index contributed by atoms with van der Waals surface area (Å²) in [5.41, 5.74) is 0. The first-order chi connectivity index (χ1) is 8.84. The summed E-state index contributed by atoms with van der Waals surface area (Å²) in [6.07, 6.45) is 3.79. The number of piperidine rings is 1.